The van der Waals surface area contributed by atoms with Crippen LogP contribution < -0.4 is 19.5 Å². The van der Waals surface area contributed by atoms with E-state index < -0.39 is 5.97 Å². The van der Waals surface area contributed by atoms with Crippen molar-refractivity contribution in [3.05, 3.63) is 29.6 Å². The summed E-state index contributed by atoms with van der Waals surface area (Å²) in [5, 5.41) is 16.5. The highest BCUT2D eigenvalue weighted by Crippen LogP contribution is 2.40. The molecule has 0 aliphatic heterocycles. The maximum atomic E-state index is 11.4. The van der Waals surface area contributed by atoms with E-state index >= 15 is 0 Å². The monoisotopic (exact) mass is 335 g/mol. The smallest absolute Gasteiger partial charge is 0.356 e. The topological polar surface area (TPSA) is 94.8 Å². The molecule has 2 aromatic rings. The average Bonchev–Trinajstić information content (AvgIpc) is 3.01. The lowest BCUT2D eigenvalue weighted by molar-refractivity contribution is 0.0684. The summed E-state index contributed by atoms with van der Waals surface area (Å²) in [6.45, 7) is 2.66. The van der Waals surface area contributed by atoms with Crippen LogP contribution in [-0.4, -0.2) is 42.2 Å². The minimum Gasteiger partial charge on any atom is -0.493 e. The molecule has 0 spiro atoms. The number of rotatable bonds is 8. The summed E-state index contributed by atoms with van der Waals surface area (Å²) in [7, 11) is 4.62. The molecule has 8 nitrogen and oxygen atoms in total. The van der Waals surface area contributed by atoms with E-state index in [4.69, 9.17) is 14.2 Å². The Kier molecular flexibility index (Phi) is 5.51. The quantitative estimate of drug-likeness (QED) is 0.764. The summed E-state index contributed by atoms with van der Waals surface area (Å²) in [6.07, 6.45) is 1.50. The van der Waals surface area contributed by atoms with E-state index in [0.29, 0.717) is 36.0 Å². The summed E-state index contributed by atoms with van der Waals surface area (Å²) in [6, 6.07) is 3.60. The van der Waals surface area contributed by atoms with Crippen LogP contribution in [0.4, 0.5) is 5.69 Å². The number of carboxylic acid groups (broad SMARTS) is 1. The first-order chi connectivity index (χ1) is 11.6. The fourth-order valence-corrected chi connectivity index (χ4v) is 2.47. The van der Waals surface area contributed by atoms with Gasteiger partial charge in [0.2, 0.25) is 5.75 Å². The summed E-state index contributed by atoms with van der Waals surface area (Å²) in [5.74, 6) is 0.547. The number of carboxylic acids is 1. The molecule has 2 N–H and O–H groups in total. The van der Waals surface area contributed by atoms with Crippen LogP contribution in [0.25, 0.3) is 0 Å². The summed E-state index contributed by atoms with van der Waals surface area (Å²) in [5.41, 5.74) is 1.37. The zero-order valence-electron chi connectivity index (χ0n) is 14.1. The molecule has 1 heterocycles. The number of hydrogen-bond donors (Lipinski definition) is 2. The van der Waals surface area contributed by atoms with Crippen molar-refractivity contribution >= 4 is 11.7 Å². The lowest BCUT2D eigenvalue weighted by Gasteiger charge is -2.16. The van der Waals surface area contributed by atoms with Gasteiger partial charge in [-0.05, 0) is 19.1 Å². The maximum Gasteiger partial charge on any atom is 0.356 e. The van der Waals surface area contributed by atoms with Gasteiger partial charge in [-0.2, -0.15) is 5.10 Å². The number of hydrogen-bond acceptors (Lipinski definition) is 6. The van der Waals surface area contributed by atoms with Gasteiger partial charge in [-0.1, -0.05) is 0 Å². The number of benzene rings is 1. The number of aryl methyl sites for hydroxylation is 1. The summed E-state index contributed by atoms with van der Waals surface area (Å²) < 4.78 is 17.4. The number of methoxy groups -OCH3 is 3. The fourth-order valence-electron chi connectivity index (χ4n) is 2.47. The van der Waals surface area contributed by atoms with Crippen LogP contribution in [0.2, 0.25) is 0 Å². The van der Waals surface area contributed by atoms with Crippen molar-refractivity contribution in [3.8, 4) is 17.2 Å². The molecule has 2 rings (SSSR count). The van der Waals surface area contributed by atoms with Crippen LogP contribution in [0.5, 0.6) is 17.2 Å². The molecule has 1 aromatic heterocycles. The molecule has 0 fully saturated rings. The number of nitrogens with zero attached hydrogens (tertiary/aromatic N) is 2. The Bertz CT molecular complexity index is 727. The minimum atomic E-state index is -1.03. The zero-order chi connectivity index (χ0) is 17.7. The SMILES string of the molecule is CCn1ncc(NCc2ccc(OC)c(OC)c2OC)c1C(=O)O. The van der Waals surface area contributed by atoms with E-state index in [2.05, 4.69) is 10.4 Å². The number of carbonyl (C=O) groups is 1. The molecule has 0 saturated heterocycles. The standard InChI is InChI=1S/C16H21N3O5/c1-5-19-13(16(20)21)11(9-18-19)17-8-10-6-7-12(22-2)15(24-4)14(10)23-3/h6-7,9,17H,5,8H2,1-4H3,(H,20,21). The molecule has 0 aliphatic rings. The summed E-state index contributed by atoms with van der Waals surface area (Å²) >= 11 is 0. The van der Waals surface area contributed by atoms with Crippen molar-refractivity contribution in [2.45, 2.75) is 20.0 Å². The second-order valence-corrected chi connectivity index (χ2v) is 4.87. The van der Waals surface area contributed by atoms with Crippen molar-refractivity contribution in [1.29, 1.82) is 0 Å². The van der Waals surface area contributed by atoms with Gasteiger partial charge in [0.15, 0.2) is 17.2 Å². The predicted molar refractivity (Wildman–Crippen MR) is 88.3 cm³/mol. The molecule has 24 heavy (non-hydrogen) atoms. The van der Waals surface area contributed by atoms with Gasteiger partial charge in [0.25, 0.3) is 0 Å². The van der Waals surface area contributed by atoms with Gasteiger partial charge in [0.05, 0.1) is 33.2 Å². The highest BCUT2D eigenvalue weighted by molar-refractivity contribution is 5.92. The Morgan fingerprint density at radius 3 is 2.46 bits per heavy atom. The highest BCUT2D eigenvalue weighted by atomic mass is 16.5. The van der Waals surface area contributed by atoms with Crippen molar-refractivity contribution in [2.24, 2.45) is 0 Å². The number of nitrogens with one attached hydrogen (secondary N) is 1. The van der Waals surface area contributed by atoms with Gasteiger partial charge >= 0.3 is 5.97 Å². The number of aromatic carboxylic acids is 1. The fraction of sp³-hybridized carbons (Fsp3) is 0.375. The molecule has 0 saturated carbocycles. The van der Waals surface area contributed by atoms with Crippen LogP contribution in [0, 0.1) is 0 Å². The van der Waals surface area contributed by atoms with E-state index in [9.17, 15) is 9.90 Å². The third kappa shape index (κ3) is 3.22. The first-order valence-corrected chi connectivity index (χ1v) is 7.38. The van der Waals surface area contributed by atoms with Gasteiger partial charge in [-0.3, -0.25) is 4.68 Å². The van der Waals surface area contributed by atoms with Crippen LogP contribution in [0.3, 0.4) is 0 Å². The number of anilines is 1. The number of ether oxygens (including phenoxy) is 3. The van der Waals surface area contributed by atoms with Crippen LogP contribution in [0.1, 0.15) is 23.0 Å². The highest BCUT2D eigenvalue weighted by Gasteiger charge is 2.19. The third-order valence-electron chi connectivity index (χ3n) is 3.60. The normalized spacial score (nSPS) is 10.3. The molecule has 0 unspecified atom stereocenters. The van der Waals surface area contributed by atoms with Crippen molar-refractivity contribution in [1.82, 2.24) is 9.78 Å². The Morgan fingerprint density at radius 1 is 1.21 bits per heavy atom. The van der Waals surface area contributed by atoms with E-state index in [0.717, 1.165) is 5.56 Å². The van der Waals surface area contributed by atoms with Crippen molar-refractivity contribution < 1.29 is 24.1 Å². The predicted octanol–water partition coefficient (Wildman–Crippen LogP) is 2.24. The molecule has 0 aliphatic carbocycles. The van der Waals surface area contributed by atoms with E-state index in [1.165, 1.54) is 18.0 Å². The molecule has 0 amide bonds. The third-order valence-corrected chi connectivity index (χ3v) is 3.60. The molecule has 0 atom stereocenters. The Balaban J connectivity index is 2.30. The van der Waals surface area contributed by atoms with Crippen molar-refractivity contribution in [3.63, 3.8) is 0 Å². The van der Waals surface area contributed by atoms with Gasteiger partial charge in [0, 0.05) is 18.7 Å². The van der Waals surface area contributed by atoms with Crippen LogP contribution in [-0.2, 0) is 13.1 Å². The molecule has 0 radical (unpaired) electrons. The van der Waals surface area contributed by atoms with E-state index in [1.807, 2.05) is 13.0 Å². The molecule has 8 heteroatoms. The molecular formula is C16H21N3O5. The van der Waals surface area contributed by atoms with Crippen LogP contribution >= 0.6 is 0 Å². The van der Waals surface area contributed by atoms with E-state index in [1.54, 1.807) is 20.3 Å². The Labute approximate surface area is 139 Å². The second kappa shape index (κ2) is 7.58. The lowest BCUT2D eigenvalue weighted by atomic mass is 10.1. The molecular weight excluding hydrogens is 314 g/mol. The second-order valence-electron chi connectivity index (χ2n) is 4.87. The molecule has 1 aromatic carbocycles. The van der Waals surface area contributed by atoms with Gasteiger partial charge in [0.1, 0.15) is 0 Å². The van der Waals surface area contributed by atoms with Gasteiger partial charge < -0.3 is 24.6 Å². The molecule has 0 bridgehead atoms. The Morgan fingerprint density at radius 2 is 1.92 bits per heavy atom. The summed E-state index contributed by atoms with van der Waals surface area (Å²) in [4.78, 5) is 11.4. The number of aromatic nitrogens is 2. The minimum absolute atomic E-state index is 0.122. The van der Waals surface area contributed by atoms with Crippen molar-refractivity contribution in [2.75, 3.05) is 26.6 Å². The first-order valence-electron chi connectivity index (χ1n) is 7.38. The largest absolute Gasteiger partial charge is 0.493 e. The maximum absolute atomic E-state index is 11.4. The first kappa shape index (κ1) is 17.5. The van der Waals surface area contributed by atoms with Gasteiger partial charge in [-0.25, -0.2) is 4.79 Å². The van der Waals surface area contributed by atoms with Gasteiger partial charge in [-0.15, -0.1) is 0 Å². The molecule has 130 valence electrons. The Hall–Kier alpha value is -2.90. The average molecular weight is 335 g/mol. The van der Waals surface area contributed by atoms with E-state index in [-0.39, 0.29) is 5.69 Å². The lowest BCUT2D eigenvalue weighted by Crippen LogP contribution is -2.12. The zero-order valence-corrected chi connectivity index (χ0v) is 14.1. The van der Waals surface area contributed by atoms with Crippen LogP contribution in [0.15, 0.2) is 18.3 Å².